The van der Waals surface area contributed by atoms with Crippen LogP contribution in [0.3, 0.4) is 0 Å². The van der Waals surface area contributed by atoms with Gasteiger partial charge in [0.25, 0.3) is 5.91 Å². The molecule has 4 aromatic rings. The van der Waals surface area contributed by atoms with Gasteiger partial charge in [0.2, 0.25) is 0 Å². The van der Waals surface area contributed by atoms with Gasteiger partial charge >= 0.3 is 0 Å². The first-order chi connectivity index (χ1) is 17.1. The van der Waals surface area contributed by atoms with Crippen LogP contribution in [0.15, 0.2) is 108 Å². The molecule has 1 aliphatic heterocycles. The quantitative estimate of drug-likeness (QED) is 0.297. The van der Waals surface area contributed by atoms with Gasteiger partial charge in [-0.25, -0.2) is 0 Å². The lowest BCUT2D eigenvalue weighted by Crippen LogP contribution is -2.52. The third-order valence-electron chi connectivity index (χ3n) is 6.03. The van der Waals surface area contributed by atoms with E-state index in [1.807, 2.05) is 72.8 Å². The number of benzene rings is 4. The largest absolute Gasteiger partial charge is 0.497 e. The lowest BCUT2D eigenvalue weighted by atomic mass is 9.89. The highest BCUT2D eigenvalue weighted by Crippen LogP contribution is 2.40. The summed E-state index contributed by atoms with van der Waals surface area (Å²) in [6.45, 7) is 0. The molecular weight excluding hydrogens is 506 g/mol. The number of Topliss-reactive ketones (excluding diaryl/α,β-unsaturated/α-hetero) is 1. The van der Waals surface area contributed by atoms with Crippen LogP contribution in [0.1, 0.15) is 32.4 Å². The van der Waals surface area contributed by atoms with Crippen molar-refractivity contribution in [2.24, 2.45) is 0 Å². The van der Waals surface area contributed by atoms with Crippen molar-refractivity contribution < 1.29 is 19.1 Å². The topological polar surface area (TPSA) is 55.8 Å². The zero-order chi connectivity index (χ0) is 24.4. The minimum absolute atomic E-state index is 0.181. The van der Waals surface area contributed by atoms with E-state index in [1.165, 1.54) is 0 Å². The second-order valence-corrected chi connectivity index (χ2v) is 9.05. The summed E-state index contributed by atoms with van der Waals surface area (Å²) in [5, 5.41) is 0. The third kappa shape index (κ3) is 4.45. The molecule has 0 bridgehead atoms. The second kappa shape index (κ2) is 9.76. The first-order valence-corrected chi connectivity index (χ1v) is 11.9. The number of para-hydroxylation sites is 1. The molecule has 2 atom stereocenters. The van der Waals surface area contributed by atoms with Crippen LogP contribution in [0.25, 0.3) is 0 Å². The van der Waals surface area contributed by atoms with E-state index in [9.17, 15) is 9.59 Å². The average Bonchev–Trinajstić information content (AvgIpc) is 2.91. The van der Waals surface area contributed by atoms with Gasteiger partial charge in [0.1, 0.15) is 17.5 Å². The molecule has 6 heteroatoms. The Labute approximate surface area is 212 Å². The molecule has 1 aliphatic rings. The van der Waals surface area contributed by atoms with Gasteiger partial charge in [-0.3, -0.25) is 14.5 Å². The molecule has 0 spiro atoms. The Bertz CT molecular complexity index is 1350. The van der Waals surface area contributed by atoms with Gasteiger partial charge in [-0.05, 0) is 66.2 Å². The van der Waals surface area contributed by atoms with Crippen LogP contribution in [0.2, 0.25) is 0 Å². The van der Waals surface area contributed by atoms with Crippen LogP contribution >= 0.6 is 15.9 Å². The number of methoxy groups -OCH3 is 1. The van der Waals surface area contributed by atoms with Gasteiger partial charge < -0.3 is 9.47 Å². The average molecular weight is 528 g/mol. The number of carbonyl (C=O) groups excluding carboxylic acids is 2. The smallest absolute Gasteiger partial charge is 0.259 e. The number of anilines is 1. The number of halogens is 1. The van der Waals surface area contributed by atoms with Crippen molar-refractivity contribution in [1.29, 1.82) is 0 Å². The van der Waals surface area contributed by atoms with Gasteiger partial charge in [-0.15, -0.1) is 0 Å². The Morgan fingerprint density at radius 3 is 2.20 bits per heavy atom. The zero-order valence-corrected chi connectivity index (χ0v) is 20.5. The normalized spacial score (nSPS) is 16.7. The molecule has 174 valence electrons. The van der Waals surface area contributed by atoms with E-state index in [0.29, 0.717) is 28.3 Å². The van der Waals surface area contributed by atoms with Crippen molar-refractivity contribution in [2.75, 3.05) is 12.0 Å². The van der Waals surface area contributed by atoms with Crippen LogP contribution in [0.5, 0.6) is 11.5 Å². The maximum absolute atomic E-state index is 14.0. The van der Waals surface area contributed by atoms with Crippen LogP contribution in [-0.2, 0) is 0 Å². The summed E-state index contributed by atoms with van der Waals surface area (Å²) in [4.78, 5) is 29.5. The monoisotopic (exact) mass is 527 g/mol. The Balaban J connectivity index is 1.69. The van der Waals surface area contributed by atoms with Crippen molar-refractivity contribution in [1.82, 2.24) is 0 Å². The van der Waals surface area contributed by atoms with Crippen molar-refractivity contribution in [3.63, 3.8) is 0 Å². The summed E-state index contributed by atoms with van der Waals surface area (Å²) in [6.07, 6.45) is -0.723. The molecule has 0 saturated heterocycles. The number of hydrogen-bond acceptors (Lipinski definition) is 4. The zero-order valence-electron chi connectivity index (χ0n) is 18.9. The van der Waals surface area contributed by atoms with Crippen molar-refractivity contribution in [3.8, 4) is 11.5 Å². The first kappa shape index (κ1) is 22.9. The van der Waals surface area contributed by atoms with E-state index in [4.69, 9.17) is 9.47 Å². The molecule has 2 unspecified atom stereocenters. The molecule has 0 saturated carbocycles. The summed E-state index contributed by atoms with van der Waals surface area (Å²) >= 11 is 3.46. The molecule has 0 aromatic heterocycles. The van der Waals surface area contributed by atoms with Crippen molar-refractivity contribution >= 4 is 33.3 Å². The molecule has 0 aliphatic carbocycles. The molecule has 1 heterocycles. The molecule has 1 amide bonds. The number of amides is 1. The van der Waals surface area contributed by atoms with Crippen molar-refractivity contribution in [2.45, 2.75) is 12.1 Å². The highest BCUT2D eigenvalue weighted by molar-refractivity contribution is 9.10. The summed E-state index contributed by atoms with van der Waals surface area (Å²) in [7, 11) is 1.60. The van der Waals surface area contributed by atoms with Crippen LogP contribution < -0.4 is 14.4 Å². The molecule has 0 N–H and O–H groups in total. The molecule has 35 heavy (non-hydrogen) atoms. The fourth-order valence-electron chi connectivity index (χ4n) is 4.29. The minimum atomic E-state index is -0.924. The number of rotatable bonds is 5. The van der Waals surface area contributed by atoms with Gasteiger partial charge in [0.05, 0.1) is 12.7 Å². The Kier molecular flexibility index (Phi) is 6.38. The van der Waals surface area contributed by atoms with Crippen molar-refractivity contribution in [3.05, 3.63) is 124 Å². The third-order valence-corrected chi connectivity index (χ3v) is 6.56. The Morgan fingerprint density at radius 1 is 0.857 bits per heavy atom. The lowest BCUT2D eigenvalue weighted by Gasteiger charge is -2.39. The summed E-state index contributed by atoms with van der Waals surface area (Å²) < 4.78 is 12.6. The van der Waals surface area contributed by atoms with E-state index < -0.39 is 12.1 Å². The number of nitrogens with zero attached hydrogens (tertiary/aromatic N) is 1. The summed E-state index contributed by atoms with van der Waals surface area (Å²) in [5.41, 5.74) is 2.30. The minimum Gasteiger partial charge on any atom is -0.497 e. The predicted molar refractivity (Wildman–Crippen MR) is 138 cm³/mol. The molecule has 0 radical (unpaired) electrons. The fourth-order valence-corrected chi connectivity index (χ4v) is 4.56. The molecule has 5 nitrogen and oxygen atoms in total. The van der Waals surface area contributed by atoms with Crippen LogP contribution in [0.4, 0.5) is 5.69 Å². The van der Waals surface area contributed by atoms with Gasteiger partial charge in [0.15, 0.2) is 11.9 Å². The Morgan fingerprint density at radius 2 is 1.51 bits per heavy atom. The summed E-state index contributed by atoms with van der Waals surface area (Å²) in [5.74, 6) is 0.725. The number of hydrogen-bond donors (Lipinski definition) is 0. The van der Waals surface area contributed by atoms with E-state index in [0.717, 1.165) is 10.0 Å². The number of carbonyl (C=O) groups is 2. The molecule has 4 aromatic carbocycles. The second-order valence-electron chi connectivity index (χ2n) is 8.13. The number of ether oxygens (including phenoxy) is 2. The van der Waals surface area contributed by atoms with Crippen LogP contribution in [0, 0.1) is 0 Å². The highest BCUT2D eigenvalue weighted by atomic mass is 79.9. The van der Waals surface area contributed by atoms with E-state index in [-0.39, 0.29) is 11.7 Å². The predicted octanol–water partition coefficient (Wildman–Crippen LogP) is 6.49. The standard InChI is InChI=1S/C29H22BrNO4/c1-34-23-17-11-19(12-18-23)28-26(27(32)24-9-5-6-10-25(24)35-28)31(22-15-13-21(30)14-16-22)29(33)20-7-3-2-4-8-20/h2-18,26,28H,1H3. The number of ketones is 1. The first-order valence-electron chi connectivity index (χ1n) is 11.1. The fraction of sp³-hybridized carbons (Fsp3) is 0.103. The molecule has 5 rings (SSSR count). The lowest BCUT2D eigenvalue weighted by molar-refractivity contribution is 0.0730. The van der Waals surface area contributed by atoms with E-state index >= 15 is 0 Å². The van der Waals surface area contributed by atoms with Gasteiger partial charge in [-0.1, -0.05) is 58.4 Å². The molecule has 0 fully saturated rings. The maximum Gasteiger partial charge on any atom is 0.259 e. The van der Waals surface area contributed by atoms with E-state index in [2.05, 4.69) is 15.9 Å². The van der Waals surface area contributed by atoms with E-state index in [1.54, 1.807) is 42.3 Å². The SMILES string of the molecule is COc1ccc(C2Oc3ccccc3C(=O)C2N(C(=O)c2ccccc2)c2ccc(Br)cc2)cc1. The summed E-state index contributed by atoms with van der Waals surface area (Å²) in [6, 6.07) is 29.9. The van der Waals surface area contributed by atoms with Gasteiger partial charge in [0, 0.05) is 15.7 Å². The maximum atomic E-state index is 14.0. The van der Waals surface area contributed by atoms with Crippen LogP contribution in [-0.4, -0.2) is 24.8 Å². The Hall–Kier alpha value is -3.90. The number of fused-ring (bicyclic) bond motifs is 1. The highest BCUT2D eigenvalue weighted by Gasteiger charge is 2.44. The molecular formula is C29H22BrNO4. The van der Waals surface area contributed by atoms with Gasteiger partial charge in [-0.2, -0.15) is 0 Å².